The van der Waals surface area contributed by atoms with Gasteiger partial charge in [0.2, 0.25) is 0 Å². The average Bonchev–Trinajstić information content (AvgIpc) is 2.99. The summed E-state index contributed by atoms with van der Waals surface area (Å²) in [6, 6.07) is 4.12. The largest absolute Gasteiger partial charge is 0.393 e. The highest BCUT2D eigenvalue weighted by Gasteiger charge is 2.19. The van der Waals surface area contributed by atoms with Gasteiger partial charge in [0.15, 0.2) is 5.96 Å². The van der Waals surface area contributed by atoms with Crippen molar-refractivity contribution in [2.45, 2.75) is 39.2 Å². The molecule has 130 valence electrons. The molecule has 2 aromatic heterocycles. The lowest BCUT2D eigenvalue weighted by Crippen LogP contribution is -2.46. The van der Waals surface area contributed by atoms with Crippen molar-refractivity contribution < 1.29 is 5.11 Å². The van der Waals surface area contributed by atoms with E-state index in [1.807, 2.05) is 12.3 Å². The summed E-state index contributed by atoms with van der Waals surface area (Å²) < 4.78 is 2.08. The number of hydrogen-bond acceptors (Lipinski definition) is 3. The molecule has 6 nitrogen and oxygen atoms in total. The molecule has 3 heterocycles. The van der Waals surface area contributed by atoms with Gasteiger partial charge in [-0.15, -0.1) is 0 Å². The number of likely N-dealkylation sites (tertiary alicyclic amines) is 1. The minimum absolute atomic E-state index is 0.162. The van der Waals surface area contributed by atoms with Crippen LogP contribution >= 0.6 is 0 Å². The molecule has 1 fully saturated rings. The summed E-state index contributed by atoms with van der Waals surface area (Å²) in [5.74, 6) is 0.948. The molecule has 0 aromatic carbocycles. The van der Waals surface area contributed by atoms with E-state index < -0.39 is 0 Å². The van der Waals surface area contributed by atoms with Crippen molar-refractivity contribution in [1.82, 2.24) is 19.6 Å². The number of aliphatic hydroxyl groups is 1. The highest BCUT2D eigenvalue weighted by molar-refractivity contribution is 5.80. The lowest BCUT2D eigenvalue weighted by Gasteiger charge is -2.32. The van der Waals surface area contributed by atoms with Gasteiger partial charge in [0.25, 0.3) is 0 Å². The molecule has 2 N–H and O–H groups in total. The van der Waals surface area contributed by atoms with Gasteiger partial charge < -0.3 is 19.7 Å². The second kappa shape index (κ2) is 7.66. The predicted octanol–water partition coefficient (Wildman–Crippen LogP) is 1.61. The topological polar surface area (TPSA) is 65.2 Å². The highest BCUT2D eigenvalue weighted by Crippen LogP contribution is 2.12. The standard InChI is InChI=1S/C18H27N5O/c1-3-19-18(22-11-7-16(24)8-12-22)20-9-6-15-13-23-10-4-5-14(2)17(23)21-15/h4-5,10,13,16,24H,3,6-9,11-12H2,1-2H3,(H,19,20). The van der Waals surface area contributed by atoms with Crippen LogP contribution in [0, 0.1) is 6.92 Å². The van der Waals surface area contributed by atoms with Gasteiger partial charge in [-0.25, -0.2) is 4.98 Å². The Kier molecular flexibility index (Phi) is 5.35. The van der Waals surface area contributed by atoms with Crippen LogP contribution in [0.4, 0.5) is 0 Å². The number of aliphatic hydroxyl groups excluding tert-OH is 1. The monoisotopic (exact) mass is 329 g/mol. The molecule has 3 rings (SSSR count). The molecule has 1 aliphatic heterocycles. The molecular formula is C18H27N5O. The van der Waals surface area contributed by atoms with Crippen molar-refractivity contribution in [2.75, 3.05) is 26.2 Å². The minimum Gasteiger partial charge on any atom is -0.393 e. The Bertz CT molecular complexity index is 700. The molecule has 2 aromatic rings. The van der Waals surface area contributed by atoms with Crippen LogP contribution in [0.2, 0.25) is 0 Å². The maximum atomic E-state index is 9.66. The molecule has 0 unspecified atom stereocenters. The number of piperidine rings is 1. The first kappa shape index (κ1) is 16.8. The fraction of sp³-hybridized carbons (Fsp3) is 0.556. The zero-order chi connectivity index (χ0) is 16.9. The normalized spacial score (nSPS) is 16.8. The quantitative estimate of drug-likeness (QED) is 0.661. The average molecular weight is 329 g/mol. The van der Waals surface area contributed by atoms with Crippen molar-refractivity contribution in [3.8, 4) is 0 Å². The number of aliphatic imine (C=N–C) groups is 1. The van der Waals surface area contributed by atoms with Crippen LogP contribution in [0.1, 0.15) is 31.0 Å². The van der Waals surface area contributed by atoms with Crippen LogP contribution in [0.5, 0.6) is 0 Å². The van der Waals surface area contributed by atoms with E-state index in [0.29, 0.717) is 6.54 Å². The van der Waals surface area contributed by atoms with E-state index in [2.05, 4.69) is 40.7 Å². The van der Waals surface area contributed by atoms with Gasteiger partial charge in [0, 0.05) is 45.0 Å². The molecular weight excluding hydrogens is 302 g/mol. The Labute approximate surface area is 143 Å². The summed E-state index contributed by atoms with van der Waals surface area (Å²) in [4.78, 5) is 11.7. The third-order valence-electron chi connectivity index (χ3n) is 4.46. The third-order valence-corrected chi connectivity index (χ3v) is 4.46. The Hall–Kier alpha value is -2.08. The summed E-state index contributed by atoms with van der Waals surface area (Å²) >= 11 is 0. The van der Waals surface area contributed by atoms with E-state index in [4.69, 9.17) is 9.98 Å². The third kappa shape index (κ3) is 3.87. The van der Waals surface area contributed by atoms with Crippen molar-refractivity contribution >= 4 is 11.6 Å². The molecule has 6 heteroatoms. The maximum absolute atomic E-state index is 9.66. The van der Waals surface area contributed by atoms with Gasteiger partial charge in [0.1, 0.15) is 5.65 Å². The molecule has 0 spiro atoms. The summed E-state index contributed by atoms with van der Waals surface area (Å²) in [6.07, 6.45) is 6.41. The Morgan fingerprint density at radius 1 is 1.42 bits per heavy atom. The van der Waals surface area contributed by atoms with Crippen LogP contribution < -0.4 is 5.32 Å². The van der Waals surface area contributed by atoms with E-state index in [-0.39, 0.29) is 6.10 Å². The van der Waals surface area contributed by atoms with E-state index >= 15 is 0 Å². The molecule has 24 heavy (non-hydrogen) atoms. The Balaban J connectivity index is 1.64. The number of imidazole rings is 1. The molecule has 1 saturated heterocycles. The second-order valence-electron chi connectivity index (χ2n) is 6.36. The van der Waals surface area contributed by atoms with E-state index in [0.717, 1.165) is 56.2 Å². The number of aryl methyl sites for hydroxylation is 1. The number of hydrogen-bond donors (Lipinski definition) is 2. The highest BCUT2D eigenvalue weighted by atomic mass is 16.3. The number of fused-ring (bicyclic) bond motifs is 1. The van der Waals surface area contributed by atoms with Gasteiger partial charge in [-0.3, -0.25) is 4.99 Å². The van der Waals surface area contributed by atoms with Crippen molar-refractivity contribution in [3.05, 3.63) is 35.8 Å². The van der Waals surface area contributed by atoms with Crippen LogP contribution in [0.3, 0.4) is 0 Å². The zero-order valence-electron chi connectivity index (χ0n) is 14.6. The molecule has 0 atom stereocenters. The Morgan fingerprint density at radius 2 is 2.21 bits per heavy atom. The maximum Gasteiger partial charge on any atom is 0.193 e. The van der Waals surface area contributed by atoms with Gasteiger partial charge in [-0.1, -0.05) is 6.07 Å². The minimum atomic E-state index is -0.162. The van der Waals surface area contributed by atoms with E-state index in [1.54, 1.807) is 0 Å². The van der Waals surface area contributed by atoms with Crippen LogP contribution in [0.15, 0.2) is 29.5 Å². The molecule has 0 bridgehead atoms. The lowest BCUT2D eigenvalue weighted by molar-refractivity contribution is 0.108. The predicted molar refractivity (Wildman–Crippen MR) is 96.4 cm³/mol. The van der Waals surface area contributed by atoms with Crippen molar-refractivity contribution in [3.63, 3.8) is 0 Å². The SMILES string of the molecule is CCNC(=NCCc1cn2cccc(C)c2n1)N1CCC(O)CC1. The molecule has 1 aliphatic rings. The number of nitrogens with zero attached hydrogens (tertiary/aromatic N) is 4. The number of guanidine groups is 1. The summed E-state index contributed by atoms with van der Waals surface area (Å²) in [5.41, 5.74) is 3.28. The summed E-state index contributed by atoms with van der Waals surface area (Å²) in [6.45, 7) is 7.45. The number of aromatic nitrogens is 2. The number of pyridine rings is 1. The van der Waals surface area contributed by atoms with Gasteiger partial charge in [-0.2, -0.15) is 0 Å². The summed E-state index contributed by atoms with van der Waals surface area (Å²) in [7, 11) is 0. The van der Waals surface area contributed by atoms with E-state index in [9.17, 15) is 5.11 Å². The number of rotatable bonds is 4. The van der Waals surface area contributed by atoms with Gasteiger partial charge >= 0.3 is 0 Å². The van der Waals surface area contributed by atoms with Crippen LogP contribution in [-0.4, -0.2) is 57.6 Å². The molecule has 0 amide bonds. The zero-order valence-corrected chi connectivity index (χ0v) is 14.6. The summed E-state index contributed by atoms with van der Waals surface area (Å²) in [5, 5.41) is 13.0. The fourth-order valence-corrected chi connectivity index (χ4v) is 3.10. The Morgan fingerprint density at radius 3 is 2.92 bits per heavy atom. The first-order valence-electron chi connectivity index (χ1n) is 8.82. The molecule has 0 radical (unpaired) electrons. The van der Waals surface area contributed by atoms with Crippen molar-refractivity contribution in [2.24, 2.45) is 4.99 Å². The van der Waals surface area contributed by atoms with Gasteiger partial charge in [0.05, 0.1) is 11.8 Å². The smallest absolute Gasteiger partial charge is 0.193 e. The van der Waals surface area contributed by atoms with Gasteiger partial charge in [-0.05, 0) is 38.3 Å². The fourth-order valence-electron chi connectivity index (χ4n) is 3.10. The number of nitrogens with one attached hydrogen (secondary N) is 1. The first-order chi connectivity index (χ1) is 11.7. The van der Waals surface area contributed by atoms with Crippen LogP contribution in [0.25, 0.3) is 5.65 Å². The van der Waals surface area contributed by atoms with Crippen LogP contribution in [-0.2, 0) is 6.42 Å². The first-order valence-corrected chi connectivity index (χ1v) is 8.82. The molecule has 0 aliphatic carbocycles. The van der Waals surface area contributed by atoms with Crippen molar-refractivity contribution in [1.29, 1.82) is 0 Å². The van der Waals surface area contributed by atoms with E-state index in [1.165, 1.54) is 5.56 Å². The lowest BCUT2D eigenvalue weighted by atomic mass is 10.1. The second-order valence-corrected chi connectivity index (χ2v) is 6.36. The molecule has 0 saturated carbocycles.